The first-order valence-electron chi connectivity index (χ1n) is 7.35. The molecule has 1 aromatic heterocycles. The fourth-order valence-electron chi connectivity index (χ4n) is 5.42. The van der Waals surface area contributed by atoms with Crippen molar-refractivity contribution < 1.29 is 4.42 Å². The van der Waals surface area contributed by atoms with Gasteiger partial charge in [0.25, 0.3) is 0 Å². The SMILES string of the molecule is Cc1nc(CN)oc1C12CC3CC(CC(C3)C1)C2. The lowest BCUT2D eigenvalue weighted by molar-refractivity contribution is -0.0159. The van der Waals surface area contributed by atoms with Gasteiger partial charge in [0.15, 0.2) is 0 Å². The molecule has 3 nitrogen and oxygen atoms in total. The Morgan fingerprint density at radius 2 is 1.72 bits per heavy atom. The maximum Gasteiger partial charge on any atom is 0.208 e. The van der Waals surface area contributed by atoms with E-state index in [4.69, 9.17) is 10.2 Å². The zero-order valence-corrected chi connectivity index (χ0v) is 11.1. The van der Waals surface area contributed by atoms with Crippen LogP contribution in [-0.4, -0.2) is 4.98 Å². The van der Waals surface area contributed by atoms with E-state index in [0.717, 1.165) is 29.3 Å². The summed E-state index contributed by atoms with van der Waals surface area (Å²) in [5, 5.41) is 0. The molecule has 1 heterocycles. The number of rotatable bonds is 2. The van der Waals surface area contributed by atoms with Crippen molar-refractivity contribution >= 4 is 0 Å². The maximum absolute atomic E-state index is 6.01. The highest BCUT2D eigenvalue weighted by atomic mass is 16.4. The highest BCUT2D eigenvalue weighted by Crippen LogP contribution is 2.61. The summed E-state index contributed by atoms with van der Waals surface area (Å²) in [7, 11) is 0. The molecule has 5 rings (SSSR count). The van der Waals surface area contributed by atoms with Crippen LogP contribution in [0.2, 0.25) is 0 Å². The van der Waals surface area contributed by atoms with Crippen LogP contribution < -0.4 is 5.73 Å². The van der Waals surface area contributed by atoms with Gasteiger partial charge in [0.05, 0.1) is 12.2 Å². The molecule has 4 fully saturated rings. The second-order valence-electron chi connectivity index (χ2n) is 6.92. The minimum absolute atomic E-state index is 0.319. The van der Waals surface area contributed by atoms with Crippen molar-refractivity contribution in [1.82, 2.24) is 4.98 Å². The molecule has 4 saturated carbocycles. The molecule has 3 heteroatoms. The standard InChI is InChI=1S/C15H22N2O/c1-9-14(18-13(8-16)17-9)15-5-10-2-11(6-15)4-12(3-10)7-15/h10-12H,2-8,16H2,1H3. The molecule has 18 heavy (non-hydrogen) atoms. The van der Waals surface area contributed by atoms with Crippen LogP contribution in [0, 0.1) is 24.7 Å². The summed E-state index contributed by atoms with van der Waals surface area (Å²) in [5.41, 5.74) is 7.08. The first-order valence-corrected chi connectivity index (χ1v) is 7.35. The van der Waals surface area contributed by atoms with Crippen LogP contribution in [0.4, 0.5) is 0 Å². The van der Waals surface area contributed by atoms with E-state index in [9.17, 15) is 0 Å². The van der Waals surface area contributed by atoms with Crippen LogP contribution in [-0.2, 0) is 12.0 Å². The Morgan fingerprint density at radius 1 is 1.17 bits per heavy atom. The number of nitrogens with zero attached hydrogens (tertiary/aromatic N) is 1. The van der Waals surface area contributed by atoms with E-state index in [2.05, 4.69) is 11.9 Å². The summed E-state index contributed by atoms with van der Waals surface area (Å²) in [4.78, 5) is 4.49. The van der Waals surface area contributed by atoms with E-state index in [-0.39, 0.29) is 0 Å². The van der Waals surface area contributed by atoms with Crippen molar-refractivity contribution in [3.8, 4) is 0 Å². The molecule has 0 unspecified atom stereocenters. The number of hydrogen-bond acceptors (Lipinski definition) is 3. The molecule has 0 aliphatic heterocycles. The fourth-order valence-corrected chi connectivity index (χ4v) is 5.42. The van der Waals surface area contributed by atoms with Crippen molar-refractivity contribution in [2.75, 3.05) is 0 Å². The predicted octanol–water partition coefficient (Wildman–Crippen LogP) is 2.91. The van der Waals surface area contributed by atoms with Gasteiger partial charge in [-0.05, 0) is 63.2 Å². The van der Waals surface area contributed by atoms with E-state index < -0.39 is 0 Å². The summed E-state index contributed by atoms with van der Waals surface area (Å²) in [6.45, 7) is 2.52. The molecule has 4 aliphatic carbocycles. The van der Waals surface area contributed by atoms with Gasteiger partial charge in [-0.15, -0.1) is 0 Å². The first-order chi connectivity index (χ1) is 8.68. The Labute approximate surface area is 108 Å². The van der Waals surface area contributed by atoms with Gasteiger partial charge >= 0.3 is 0 Å². The number of nitrogens with two attached hydrogens (primary N) is 1. The van der Waals surface area contributed by atoms with Gasteiger partial charge in [-0.1, -0.05) is 0 Å². The number of oxazole rings is 1. The average Bonchev–Trinajstić information content (AvgIpc) is 2.69. The molecule has 1 aromatic rings. The lowest BCUT2D eigenvalue weighted by Crippen LogP contribution is -2.48. The van der Waals surface area contributed by atoms with Gasteiger partial charge in [0.2, 0.25) is 5.89 Å². The van der Waals surface area contributed by atoms with E-state index in [1.807, 2.05) is 0 Å². The van der Waals surface area contributed by atoms with E-state index in [0.29, 0.717) is 12.0 Å². The third-order valence-corrected chi connectivity index (χ3v) is 5.54. The fraction of sp³-hybridized carbons (Fsp3) is 0.800. The topological polar surface area (TPSA) is 52.0 Å². The molecule has 2 N–H and O–H groups in total. The van der Waals surface area contributed by atoms with Crippen molar-refractivity contribution in [3.05, 3.63) is 17.3 Å². The van der Waals surface area contributed by atoms with Crippen molar-refractivity contribution in [2.45, 2.75) is 57.4 Å². The lowest BCUT2D eigenvalue weighted by atomic mass is 9.49. The molecule has 0 aromatic carbocycles. The highest BCUT2D eigenvalue weighted by molar-refractivity contribution is 5.25. The van der Waals surface area contributed by atoms with Gasteiger partial charge in [-0.2, -0.15) is 0 Å². The zero-order valence-electron chi connectivity index (χ0n) is 11.1. The van der Waals surface area contributed by atoms with Crippen molar-refractivity contribution in [2.24, 2.45) is 23.5 Å². The Hall–Kier alpha value is -0.830. The van der Waals surface area contributed by atoms with E-state index >= 15 is 0 Å². The summed E-state index contributed by atoms with van der Waals surface area (Å²) < 4.78 is 6.01. The molecule has 0 amide bonds. The van der Waals surface area contributed by atoms with Crippen molar-refractivity contribution in [3.63, 3.8) is 0 Å². The van der Waals surface area contributed by atoms with Crippen LogP contribution in [0.5, 0.6) is 0 Å². The average molecular weight is 246 g/mol. The summed E-state index contributed by atoms with van der Waals surface area (Å²) in [5.74, 6) is 4.74. The summed E-state index contributed by atoms with van der Waals surface area (Å²) in [6, 6.07) is 0. The Morgan fingerprint density at radius 3 is 2.17 bits per heavy atom. The zero-order chi connectivity index (χ0) is 12.3. The first kappa shape index (κ1) is 11.0. The molecule has 0 saturated heterocycles. The minimum Gasteiger partial charge on any atom is -0.443 e. The van der Waals surface area contributed by atoms with Crippen LogP contribution in [0.1, 0.15) is 55.9 Å². The number of aromatic nitrogens is 1. The van der Waals surface area contributed by atoms with Gasteiger partial charge < -0.3 is 10.2 Å². The van der Waals surface area contributed by atoms with Crippen molar-refractivity contribution in [1.29, 1.82) is 0 Å². The lowest BCUT2D eigenvalue weighted by Gasteiger charge is -2.55. The molecular weight excluding hydrogens is 224 g/mol. The van der Waals surface area contributed by atoms with Crippen LogP contribution in [0.25, 0.3) is 0 Å². The largest absolute Gasteiger partial charge is 0.443 e. The van der Waals surface area contributed by atoms with Crippen LogP contribution in [0.3, 0.4) is 0 Å². The second kappa shape index (κ2) is 3.60. The van der Waals surface area contributed by atoms with Gasteiger partial charge in [-0.25, -0.2) is 4.98 Å². The molecular formula is C15H22N2O. The van der Waals surface area contributed by atoms with E-state index in [1.54, 1.807) is 0 Å². The minimum atomic E-state index is 0.319. The molecule has 4 aliphatic rings. The van der Waals surface area contributed by atoms with E-state index in [1.165, 1.54) is 44.3 Å². The Kier molecular flexibility index (Phi) is 2.20. The number of hydrogen-bond donors (Lipinski definition) is 1. The van der Waals surface area contributed by atoms with Gasteiger partial charge in [0, 0.05) is 5.41 Å². The van der Waals surface area contributed by atoms with Crippen LogP contribution >= 0.6 is 0 Å². The smallest absolute Gasteiger partial charge is 0.208 e. The van der Waals surface area contributed by atoms with Crippen LogP contribution in [0.15, 0.2) is 4.42 Å². The van der Waals surface area contributed by atoms with Gasteiger partial charge in [0.1, 0.15) is 5.76 Å². The quantitative estimate of drug-likeness (QED) is 0.873. The molecule has 0 spiro atoms. The normalized spacial score (nSPS) is 41.6. The molecule has 0 atom stereocenters. The highest BCUT2D eigenvalue weighted by Gasteiger charge is 2.53. The molecule has 98 valence electrons. The third-order valence-electron chi connectivity index (χ3n) is 5.54. The summed E-state index contributed by atoms with van der Waals surface area (Å²) >= 11 is 0. The maximum atomic E-state index is 6.01. The Bertz CT molecular complexity index is 442. The second-order valence-corrected chi connectivity index (χ2v) is 6.92. The molecule has 4 bridgehead atoms. The molecule has 0 radical (unpaired) electrons. The monoisotopic (exact) mass is 246 g/mol. The predicted molar refractivity (Wildman–Crippen MR) is 69.0 cm³/mol. The third kappa shape index (κ3) is 1.43. The Balaban J connectivity index is 1.76. The summed E-state index contributed by atoms with van der Waals surface area (Å²) in [6.07, 6.45) is 8.40. The van der Waals surface area contributed by atoms with Gasteiger partial charge in [-0.3, -0.25) is 0 Å². The number of aryl methyl sites for hydroxylation is 1.